The summed E-state index contributed by atoms with van der Waals surface area (Å²) in [6.07, 6.45) is 3.13. The number of aromatic carboxylic acids is 1. The molecule has 3 aromatic rings. The molecule has 1 aliphatic rings. The first-order valence-corrected chi connectivity index (χ1v) is 9.02. The van der Waals surface area contributed by atoms with E-state index < -0.39 is 12.1 Å². The molecule has 7 heteroatoms. The molecule has 3 N–H and O–H groups in total. The largest absolute Gasteiger partial charge is 0.478 e. The Labute approximate surface area is 162 Å². The Bertz CT molecular complexity index is 1030. The number of rotatable bonds is 5. The lowest BCUT2D eigenvalue weighted by Crippen LogP contribution is -2.08. The first-order valence-electron chi connectivity index (χ1n) is 9.02. The van der Waals surface area contributed by atoms with Gasteiger partial charge in [0.15, 0.2) is 0 Å². The summed E-state index contributed by atoms with van der Waals surface area (Å²) in [6.45, 7) is 0.866. The first kappa shape index (κ1) is 17.9. The summed E-state index contributed by atoms with van der Waals surface area (Å²) in [5.74, 6) is -0.233. The summed E-state index contributed by atoms with van der Waals surface area (Å²) >= 11 is 0. The van der Waals surface area contributed by atoms with Crippen molar-refractivity contribution in [2.75, 3.05) is 11.9 Å². The van der Waals surface area contributed by atoms with Crippen LogP contribution in [-0.4, -0.2) is 38.6 Å². The van der Waals surface area contributed by atoms with Crippen LogP contribution in [0, 0.1) is 0 Å². The molecule has 142 valence electrons. The van der Waals surface area contributed by atoms with Gasteiger partial charge in [-0.15, -0.1) is 0 Å². The summed E-state index contributed by atoms with van der Waals surface area (Å²) in [4.78, 5) is 19.9. The molecule has 0 bridgehead atoms. The molecule has 0 amide bonds. The lowest BCUT2D eigenvalue weighted by molar-refractivity contribution is 0.0696. The minimum absolute atomic E-state index is 0.265. The molecule has 2 heterocycles. The van der Waals surface area contributed by atoms with Crippen molar-refractivity contribution in [1.82, 2.24) is 9.55 Å². The number of aliphatic hydroxyl groups excluding tert-OH is 1. The molecule has 2 aromatic carbocycles. The molecular weight excluding hydrogens is 356 g/mol. The van der Waals surface area contributed by atoms with Crippen molar-refractivity contribution in [2.45, 2.75) is 19.1 Å². The van der Waals surface area contributed by atoms with Crippen LogP contribution >= 0.6 is 0 Å². The molecule has 4 rings (SSSR count). The monoisotopic (exact) mass is 376 g/mol. The summed E-state index contributed by atoms with van der Waals surface area (Å²) in [5, 5.41) is 22.7. The molecule has 0 saturated heterocycles. The number of hydrogen-bond donors (Lipinski definition) is 3. The SMILES string of the molecule is O=C(O)c1cc(CCn2cnc3c2NC=NCC3O)cc(-c2ccccc2)c1. The van der Waals surface area contributed by atoms with E-state index >= 15 is 0 Å². The minimum atomic E-state index is -0.948. The van der Waals surface area contributed by atoms with Gasteiger partial charge in [0, 0.05) is 6.54 Å². The van der Waals surface area contributed by atoms with Gasteiger partial charge in [-0.2, -0.15) is 0 Å². The van der Waals surface area contributed by atoms with E-state index in [1.165, 1.54) is 0 Å². The number of carboxylic acids is 1. The maximum Gasteiger partial charge on any atom is 0.335 e. The molecular formula is C21H20N4O3. The second-order valence-corrected chi connectivity index (χ2v) is 6.67. The number of aromatic nitrogens is 2. The first-order chi connectivity index (χ1) is 13.6. The van der Waals surface area contributed by atoms with Gasteiger partial charge in [-0.05, 0) is 35.2 Å². The fourth-order valence-electron chi connectivity index (χ4n) is 3.32. The molecule has 0 aliphatic carbocycles. The quantitative estimate of drug-likeness (QED) is 0.636. The maximum absolute atomic E-state index is 11.6. The van der Waals surface area contributed by atoms with E-state index in [4.69, 9.17) is 0 Å². The number of nitrogens with one attached hydrogen (secondary N) is 1. The molecule has 0 fully saturated rings. The van der Waals surface area contributed by atoms with Gasteiger partial charge < -0.3 is 20.1 Å². The molecule has 0 radical (unpaired) electrons. The standard InChI is InChI=1S/C21H20N4O3/c26-18-11-22-12-23-20-19(18)24-13-25(20)7-6-14-8-16(10-17(9-14)21(27)28)15-4-2-1-3-5-15/h1-5,8-10,12-13,18,26H,6-7,11H2,(H,22,23)(H,27,28). The van der Waals surface area contributed by atoms with E-state index in [1.807, 2.05) is 41.0 Å². The zero-order chi connectivity index (χ0) is 19.5. The molecule has 0 spiro atoms. The van der Waals surface area contributed by atoms with E-state index in [9.17, 15) is 15.0 Å². The van der Waals surface area contributed by atoms with Crippen LogP contribution in [0.15, 0.2) is 59.9 Å². The number of hydrogen-bond acceptors (Lipinski definition) is 5. The number of carbonyl (C=O) groups is 1. The number of aliphatic hydroxyl groups is 1. The third-order valence-electron chi connectivity index (χ3n) is 4.74. The Morgan fingerprint density at radius 1 is 1.18 bits per heavy atom. The smallest absolute Gasteiger partial charge is 0.335 e. The topological polar surface area (TPSA) is 99.7 Å². The van der Waals surface area contributed by atoms with E-state index in [0.717, 1.165) is 16.7 Å². The number of nitrogens with zero attached hydrogens (tertiary/aromatic N) is 3. The lowest BCUT2D eigenvalue weighted by atomic mass is 9.98. The Morgan fingerprint density at radius 3 is 2.79 bits per heavy atom. The molecule has 1 atom stereocenters. The highest BCUT2D eigenvalue weighted by Gasteiger charge is 2.20. The van der Waals surface area contributed by atoms with Gasteiger partial charge in [0.1, 0.15) is 17.6 Å². The predicted octanol–water partition coefficient (Wildman–Crippen LogP) is 2.98. The van der Waals surface area contributed by atoms with E-state index in [-0.39, 0.29) is 12.1 Å². The van der Waals surface area contributed by atoms with Crippen LogP contribution in [0.3, 0.4) is 0 Å². The van der Waals surface area contributed by atoms with Crippen LogP contribution in [0.2, 0.25) is 0 Å². The second kappa shape index (κ2) is 7.66. The Morgan fingerprint density at radius 2 is 2.00 bits per heavy atom. The average molecular weight is 376 g/mol. The molecule has 28 heavy (non-hydrogen) atoms. The normalized spacial score (nSPS) is 15.5. The van der Waals surface area contributed by atoms with E-state index in [0.29, 0.717) is 24.5 Å². The van der Waals surface area contributed by atoms with Gasteiger partial charge >= 0.3 is 5.97 Å². The van der Waals surface area contributed by atoms with Crippen LogP contribution in [0.25, 0.3) is 11.1 Å². The molecule has 7 nitrogen and oxygen atoms in total. The number of fused-ring (bicyclic) bond motifs is 1. The van der Waals surface area contributed by atoms with Crippen LogP contribution < -0.4 is 5.32 Å². The number of aryl methyl sites for hydroxylation is 2. The third-order valence-corrected chi connectivity index (χ3v) is 4.74. The van der Waals surface area contributed by atoms with E-state index in [2.05, 4.69) is 15.3 Å². The predicted molar refractivity (Wildman–Crippen MR) is 107 cm³/mol. The van der Waals surface area contributed by atoms with Crippen molar-refractivity contribution >= 4 is 18.1 Å². The Hall–Kier alpha value is -3.45. The van der Waals surface area contributed by atoms with Gasteiger partial charge in [-0.1, -0.05) is 36.4 Å². The summed E-state index contributed by atoms with van der Waals surface area (Å²) in [5.41, 5.74) is 3.61. The van der Waals surface area contributed by atoms with Crippen molar-refractivity contribution in [1.29, 1.82) is 0 Å². The van der Waals surface area contributed by atoms with Gasteiger partial charge in [-0.3, -0.25) is 4.99 Å². The van der Waals surface area contributed by atoms with Crippen LogP contribution in [-0.2, 0) is 13.0 Å². The maximum atomic E-state index is 11.6. The van der Waals surface area contributed by atoms with Crippen LogP contribution in [0.5, 0.6) is 0 Å². The van der Waals surface area contributed by atoms with Crippen molar-refractivity contribution in [2.24, 2.45) is 4.99 Å². The van der Waals surface area contributed by atoms with Crippen LogP contribution in [0.1, 0.15) is 27.7 Å². The highest BCUT2D eigenvalue weighted by molar-refractivity contribution is 5.89. The third kappa shape index (κ3) is 3.65. The number of anilines is 1. The minimum Gasteiger partial charge on any atom is -0.478 e. The average Bonchev–Trinajstić information content (AvgIpc) is 3.03. The molecule has 1 unspecified atom stereocenters. The van der Waals surface area contributed by atoms with Crippen molar-refractivity contribution in [3.05, 3.63) is 71.7 Å². The summed E-state index contributed by atoms with van der Waals surface area (Å²) in [6, 6.07) is 15.1. The van der Waals surface area contributed by atoms with Gasteiger partial charge in [-0.25, -0.2) is 9.78 Å². The Kier molecular flexibility index (Phi) is 4.90. The molecule has 1 aliphatic heterocycles. The highest BCUT2D eigenvalue weighted by Crippen LogP contribution is 2.26. The van der Waals surface area contributed by atoms with Crippen LogP contribution in [0.4, 0.5) is 5.82 Å². The highest BCUT2D eigenvalue weighted by atomic mass is 16.4. The number of imidazole rings is 1. The van der Waals surface area contributed by atoms with Crippen molar-refractivity contribution in [3.8, 4) is 11.1 Å². The summed E-state index contributed by atoms with van der Waals surface area (Å²) < 4.78 is 1.91. The van der Waals surface area contributed by atoms with Gasteiger partial charge in [0.2, 0.25) is 0 Å². The zero-order valence-corrected chi connectivity index (χ0v) is 15.1. The lowest BCUT2D eigenvalue weighted by Gasteiger charge is -2.11. The Balaban J connectivity index is 1.61. The molecule has 0 saturated carbocycles. The van der Waals surface area contributed by atoms with E-state index in [1.54, 1.807) is 24.8 Å². The van der Waals surface area contributed by atoms with Gasteiger partial charge in [0.25, 0.3) is 0 Å². The number of benzene rings is 2. The van der Waals surface area contributed by atoms with Crippen molar-refractivity contribution in [3.63, 3.8) is 0 Å². The second-order valence-electron chi connectivity index (χ2n) is 6.67. The zero-order valence-electron chi connectivity index (χ0n) is 15.1. The fourth-order valence-corrected chi connectivity index (χ4v) is 3.32. The number of aliphatic imine (C=N–C) groups is 1. The number of carboxylic acid groups (broad SMARTS) is 1. The molecule has 1 aromatic heterocycles. The fraction of sp³-hybridized carbons (Fsp3) is 0.190. The van der Waals surface area contributed by atoms with Gasteiger partial charge in [0.05, 0.1) is 24.8 Å². The summed E-state index contributed by atoms with van der Waals surface area (Å²) in [7, 11) is 0. The van der Waals surface area contributed by atoms with Crippen molar-refractivity contribution < 1.29 is 15.0 Å².